The topological polar surface area (TPSA) is 74.6 Å². The number of fused-ring (bicyclic) bond motifs is 3. The van der Waals surface area contributed by atoms with Crippen LogP contribution in [0.2, 0.25) is 0 Å². The molecule has 39 heavy (non-hydrogen) atoms. The summed E-state index contributed by atoms with van der Waals surface area (Å²) < 4.78 is 2.10. The molecule has 3 aromatic rings. The Labute approximate surface area is 231 Å². The number of para-hydroxylation sites is 1. The number of anilines is 1. The van der Waals surface area contributed by atoms with E-state index in [2.05, 4.69) is 45.4 Å². The molecule has 0 radical (unpaired) electrons. The van der Waals surface area contributed by atoms with Gasteiger partial charge in [0.1, 0.15) is 5.82 Å². The molecule has 2 amide bonds. The van der Waals surface area contributed by atoms with E-state index in [9.17, 15) is 9.59 Å². The van der Waals surface area contributed by atoms with E-state index in [1.54, 1.807) is 6.92 Å². The van der Waals surface area contributed by atoms with E-state index < -0.39 is 0 Å². The van der Waals surface area contributed by atoms with Crippen molar-refractivity contribution in [2.24, 2.45) is 0 Å². The molecule has 0 spiro atoms. The molecule has 2 atom stereocenters. The van der Waals surface area contributed by atoms with Crippen LogP contribution >= 0.6 is 0 Å². The van der Waals surface area contributed by atoms with Gasteiger partial charge in [-0.25, -0.2) is 4.98 Å². The highest BCUT2D eigenvalue weighted by atomic mass is 16.2. The lowest BCUT2D eigenvalue weighted by Crippen LogP contribution is -2.45. The van der Waals surface area contributed by atoms with Gasteiger partial charge in [-0.15, -0.1) is 0 Å². The fourth-order valence-electron chi connectivity index (χ4n) is 6.19. The highest BCUT2D eigenvalue weighted by Crippen LogP contribution is 2.32. The van der Waals surface area contributed by atoms with Gasteiger partial charge in [0.2, 0.25) is 11.8 Å². The number of hydrogen-bond donors (Lipinski definition) is 0. The Morgan fingerprint density at radius 2 is 1.77 bits per heavy atom. The largest absolute Gasteiger partial charge is 0.337 e. The van der Waals surface area contributed by atoms with Crippen molar-refractivity contribution in [2.75, 3.05) is 18.0 Å². The fourth-order valence-corrected chi connectivity index (χ4v) is 6.19. The molecular weight excluding hydrogens is 488 g/mol. The molecule has 2 aliphatic heterocycles. The molecule has 2 bridgehead atoms. The zero-order chi connectivity index (χ0) is 27.4. The standard InChI is InChI=1S/C31H40N6O2/c1-23(2)31-33-16-19-34(31)17-14-30(39)35-20-25-8-4-5-10-29(25)36(24(3)38)18-13-27-11-12-28(22-35)37(27)21-26-9-6-7-15-32-26/h4-10,15-16,19,23,27-28H,11-14,17-18,20-22H2,1-3H3/t27-,28+/m0/s1. The summed E-state index contributed by atoms with van der Waals surface area (Å²) in [6.07, 6.45) is 9.01. The van der Waals surface area contributed by atoms with Crippen LogP contribution in [0.5, 0.6) is 0 Å². The number of benzene rings is 1. The van der Waals surface area contributed by atoms with Crippen molar-refractivity contribution in [3.63, 3.8) is 0 Å². The number of pyridine rings is 1. The highest BCUT2D eigenvalue weighted by molar-refractivity contribution is 5.92. The second-order valence-electron chi connectivity index (χ2n) is 11.1. The van der Waals surface area contributed by atoms with Crippen LogP contribution in [0.1, 0.15) is 69.5 Å². The van der Waals surface area contributed by atoms with Crippen molar-refractivity contribution in [3.05, 3.63) is 78.1 Å². The summed E-state index contributed by atoms with van der Waals surface area (Å²) >= 11 is 0. The summed E-state index contributed by atoms with van der Waals surface area (Å²) in [6, 6.07) is 14.7. The minimum Gasteiger partial charge on any atom is -0.337 e. The van der Waals surface area contributed by atoms with Crippen molar-refractivity contribution < 1.29 is 9.59 Å². The number of aryl methyl sites for hydroxylation is 1. The number of imidazole rings is 1. The summed E-state index contributed by atoms with van der Waals surface area (Å²) in [6.45, 7) is 9.05. The molecule has 1 fully saturated rings. The van der Waals surface area contributed by atoms with Gasteiger partial charge in [-0.2, -0.15) is 0 Å². The second kappa shape index (κ2) is 12.1. The summed E-state index contributed by atoms with van der Waals surface area (Å²) in [5.41, 5.74) is 2.96. The predicted octanol–water partition coefficient (Wildman–Crippen LogP) is 4.61. The number of carbonyl (C=O) groups excluding carboxylic acids is 2. The third kappa shape index (κ3) is 6.22. The SMILES string of the molecule is CC(=O)N1CC[C@@H]2CC[C@H](CN(C(=O)CCn3ccnc3C(C)C)Cc3ccccc31)N2Cc1ccccn1. The zero-order valence-corrected chi connectivity index (χ0v) is 23.4. The summed E-state index contributed by atoms with van der Waals surface area (Å²) in [7, 11) is 0. The number of carbonyl (C=O) groups is 2. The molecule has 0 N–H and O–H groups in total. The maximum absolute atomic E-state index is 13.9. The minimum absolute atomic E-state index is 0.0340. The maximum atomic E-state index is 13.9. The molecule has 206 valence electrons. The number of nitrogens with zero attached hydrogens (tertiary/aromatic N) is 6. The Kier molecular flexibility index (Phi) is 8.41. The molecule has 8 heteroatoms. The molecule has 2 aliphatic rings. The van der Waals surface area contributed by atoms with Gasteiger partial charge in [-0.05, 0) is 43.0 Å². The summed E-state index contributed by atoms with van der Waals surface area (Å²) in [5.74, 6) is 1.46. The first-order valence-corrected chi connectivity index (χ1v) is 14.2. The Hall–Kier alpha value is -3.52. The Bertz CT molecular complexity index is 1270. The summed E-state index contributed by atoms with van der Waals surface area (Å²) in [4.78, 5) is 42.2. The van der Waals surface area contributed by atoms with Crippen molar-refractivity contribution in [3.8, 4) is 0 Å². The van der Waals surface area contributed by atoms with Crippen LogP contribution in [0.4, 0.5) is 5.69 Å². The minimum atomic E-state index is 0.0340. The van der Waals surface area contributed by atoms with Gasteiger partial charge in [0.05, 0.1) is 5.69 Å². The molecular formula is C31H40N6O2. The van der Waals surface area contributed by atoms with Gasteiger partial charge < -0.3 is 14.4 Å². The first kappa shape index (κ1) is 27.1. The van der Waals surface area contributed by atoms with Gasteiger partial charge >= 0.3 is 0 Å². The van der Waals surface area contributed by atoms with Crippen LogP contribution < -0.4 is 4.90 Å². The van der Waals surface area contributed by atoms with Crippen molar-refractivity contribution in [1.29, 1.82) is 0 Å². The summed E-state index contributed by atoms with van der Waals surface area (Å²) in [5, 5.41) is 0. The second-order valence-corrected chi connectivity index (χ2v) is 11.1. The van der Waals surface area contributed by atoms with Crippen LogP contribution in [0.3, 0.4) is 0 Å². The molecule has 1 aromatic carbocycles. The third-order valence-electron chi connectivity index (χ3n) is 8.17. The van der Waals surface area contributed by atoms with E-state index in [4.69, 9.17) is 0 Å². The van der Waals surface area contributed by atoms with Gasteiger partial charge in [-0.3, -0.25) is 19.5 Å². The average Bonchev–Trinajstić information content (AvgIpc) is 3.54. The average molecular weight is 529 g/mol. The monoisotopic (exact) mass is 528 g/mol. The molecule has 1 saturated heterocycles. The number of amides is 2. The van der Waals surface area contributed by atoms with Gasteiger partial charge in [0.15, 0.2) is 0 Å². The van der Waals surface area contributed by atoms with Crippen molar-refractivity contribution >= 4 is 17.5 Å². The molecule has 2 aromatic heterocycles. The zero-order valence-electron chi connectivity index (χ0n) is 23.4. The third-order valence-corrected chi connectivity index (χ3v) is 8.17. The number of aromatic nitrogens is 3. The Balaban J connectivity index is 1.45. The van der Waals surface area contributed by atoms with Crippen molar-refractivity contribution in [1.82, 2.24) is 24.3 Å². The molecule has 8 nitrogen and oxygen atoms in total. The Morgan fingerprint density at radius 1 is 0.974 bits per heavy atom. The van der Waals surface area contributed by atoms with E-state index in [-0.39, 0.29) is 17.9 Å². The molecule has 4 heterocycles. The van der Waals surface area contributed by atoms with E-state index in [0.717, 1.165) is 48.6 Å². The predicted molar refractivity (Wildman–Crippen MR) is 152 cm³/mol. The molecule has 0 aliphatic carbocycles. The maximum Gasteiger partial charge on any atom is 0.224 e. The van der Waals surface area contributed by atoms with Crippen LogP contribution in [-0.4, -0.2) is 61.3 Å². The van der Waals surface area contributed by atoms with Gasteiger partial charge in [0.25, 0.3) is 0 Å². The van der Waals surface area contributed by atoms with E-state index in [1.165, 1.54) is 0 Å². The van der Waals surface area contributed by atoms with Crippen LogP contribution in [0, 0.1) is 0 Å². The first-order chi connectivity index (χ1) is 18.9. The first-order valence-electron chi connectivity index (χ1n) is 14.2. The van der Waals surface area contributed by atoms with E-state index >= 15 is 0 Å². The number of hydrogen-bond acceptors (Lipinski definition) is 5. The normalized spacial score (nSPS) is 20.1. The van der Waals surface area contributed by atoms with E-state index in [1.807, 2.05) is 58.7 Å². The molecule has 0 unspecified atom stereocenters. The van der Waals surface area contributed by atoms with Crippen molar-refractivity contribution in [2.45, 2.75) is 84.1 Å². The number of rotatable bonds is 6. The van der Waals surface area contributed by atoms with E-state index in [0.29, 0.717) is 44.6 Å². The lowest BCUT2D eigenvalue weighted by atomic mass is 10.1. The quantitative estimate of drug-likeness (QED) is 0.467. The lowest BCUT2D eigenvalue weighted by molar-refractivity contribution is -0.133. The highest BCUT2D eigenvalue weighted by Gasteiger charge is 2.36. The van der Waals surface area contributed by atoms with Gasteiger partial charge in [-0.1, -0.05) is 38.1 Å². The fraction of sp³-hybridized carbons (Fsp3) is 0.484. The van der Waals surface area contributed by atoms with Crippen LogP contribution in [-0.2, 0) is 29.2 Å². The van der Waals surface area contributed by atoms with Crippen LogP contribution in [0.15, 0.2) is 61.1 Å². The molecule has 0 saturated carbocycles. The lowest BCUT2D eigenvalue weighted by Gasteiger charge is -2.33. The smallest absolute Gasteiger partial charge is 0.224 e. The van der Waals surface area contributed by atoms with Gasteiger partial charge in [0, 0.05) is 88.3 Å². The Morgan fingerprint density at radius 3 is 2.54 bits per heavy atom. The van der Waals surface area contributed by atoms with Crippen LogP contribution in [0.25, 0.3) is 0 Å². The molecule has 5 rings (SSSR count).